The molecule has 0 radical (unpaired) electrons. The van der Waals surface area contributed by atoms with Gasteiger partial charge in [-0.2, -0.15) is 13.2 Å². The van der Waals surface area contributed by atoms with Gasteiger partial charge in [-0.05, 0) is 55.8 Å². The molecule has 1 aromatic carbocycles. The summed E-state index contributed by atoms with van der Waals surface area (Å²) in [6, 6.07) is 11.4. The first kappa shape index (κ1) is 18.8. The summed E-state index contributed by atoms with van der Waals surface area (Å²) in [5, 5.41) is 2.70. The van der Waals surface area contributed by atoms with E-state index in [9.17, 15) is 18.0 Å². The monoisotopic (exact) mass is 399 g/mol. The molecule has 8 heteroatoms. The lowest BCUT2D eigenvalue weighted by Gasteiger charge is -2.10. The molecule has 0 spiro atoms. The molecule has 0 fully saturated rings. The van der Waals surface area contributed by atoms with Gasteiger partial charge in [0.05, 0.1) is 5.56 Å². The fourth-order valence-corrected chi connectivity index (χ4v) is 3.02. The summed E-state index contributed by atoms with van der Waals surface area (Å²) in [5.74, 6) is 0.760. The van der Waals surface area contributed by atoms with Crippen LogP contribution in [0, 0.1) is 13.8 Å². The van der Waals surface area contributed by atoms with Crippen molar-refractivity contribution in [1.29, 1.82) is 0 Å². The number of hydrogen-bond acceptors (Lipinski definition) is 3. The van der Waals surface area contributed by atoms with Gasteiger partial charge in [0.2, 0.25) is 0 Å². The first-order chi connectivity index (χ1) is 13.7. The number of aryl methyl sites for hydroxylation is 2. The smallest absolute Gasteiger partial charge is 0.416 e. The van der Waals surface area contributed by atoms with Gasteiger partial charge in [0, 0.05) is 11.8 Å². The predicted molar refractivity (Wildman–Crippen MR) is 102 cm³/mol. The summed E-state index contributed by atoms with van der Waals surface area (Å²) in [5.41, 5.74) is 0.889. The number of nitrogens with zero attached hydrogens (tertiary/aromatic N) is 2. The molecule has 1 N–H and O–H groups in total. The van der Waals surface area contributed by atoms with Gasteiger partial charge < -0.3 is 9.73 Å². The maximum Gasteiger partial charge on any atom is 0.416 e. The molecule has 1 amide bonds. The molecule has 0 atom stereocenters. The molecule has 3 aromatic heterocycles. The lowest BCUT2D eigenvalue weighted by molar-refractivity contribution is -0.137. The number of pyridine rings is 1. The van der Waals surface area contributed by atoms with Crippen molar-refractivity contribution in [2.45, 2.75) is 20.0 Å². The standard InChI is InChI=1S/C21H16F3N3O2/c1-12-6-9-17-25-18(16-8-7-13(2)29-16)19(27(17)11-12)26-20(28)14-4-3-5-15(10-14)21(22,23)24/h3-11H,1-2H3,(H,26,28). The van der Waals surface area contributed by atoms with Crippen LogP contribution in [0.5, 0.6) is 0 Å². The number of carbonyl (C=O) groups excluding carboxylic acids is 1. The summed E-state index contributed by atoms with van der Waals surface area (Å²) in [6.07, 6.45) is -2.75. The molecule has 0 saturated carbocycles. The molecule has 4 aromatic rings. The Morgan fingerprint density at radius 2 is 1.90 bits per heavy atom. The minimum atomic E-state index is -4.53. The molecule has 0 aliphatic heterocycles. The van der Waals surface area contributed by atoms with Gasteiger partial charge in [0.15, 0.2) is 5.76 Å². The number of fused-ring (bicyclic) bond motifs is 1. The van der Waals surface area contributed by atoms with Crippen LogP contribution in [0.3, 0.4) is 0 Å². The van der Waals surface area contributed by atoms with E-state index in [0.29, 0.717) is 28.7 Å². The van der Waals surface area contributed by atoms with Crippen molar-refractivity contribution in [3.8, 4) is 11.5 Å². The summed E-state index contributed by atoms with van der Waals surface area (Å²) in [6.45, 7) is 3.67. The first-order valence-electron chi connectivity index (χ1n) is 8.76. The number of amides is 1. The van der Waals surface area contributed by atoms with Gasteiger partial charge >= 0.3 is 6.18 Å². The van der Waals surface area contributed by atoms with Crippen LogP contribution in [0.2, 0.25) is 0 Å². The second-order valence-corrected chi connectivity index (χ2v) is 6.69. The molecule has 0 bridgehead atoms. The highest BCUT2D eigenvalue weighted by molar-refractivity contribution is 6.05. The number of nitrogens with one attached hydrogen (secondary N) is 1. The predicted octanol–water partition coefficient (Wildman–Crippen LogP) is 5.48. The SMILES string of the molecule is Cc1ccc2nc(-c3ccc(C)o3)c(NC(=O)c3cccc(C(F)(F)F)c3)n2c1. The van der Waals surface area contributed by atoms with Gasteiger partial charge in [-0.15, -0.1) is 0 Å². The van der Waals surface area contributed by atoms with Gasteiger partial charge in [-0.1, -0.05) is 12.1 Å². The Morgan fingerprint density at radius 1 is 1.10 bits per heavy atom. The summed E-state index contributed by atoms with van der Waals surface area (Å²) in [7, 11) is 0. The third kappa shape index (κ3) is 3.61. The fourth-order valence-electron chi connectivity index (χ4n) is 3.02. The van der Waals surface area contributed by atoms with E-state index in [4.69, 9.17) is 4.42 Å². The van der Waals surface area contributed by atoms with E-state index in [1.54, 1.807) is 35.7 Å². The number of alkyl halides is 3. The fraction of sp³-hybridized carbons (Fsp3) is 0.143. The molecule has 0 saturated heterocycles. The topological polar surface area (TPSA) is 59.5 Å². The van der Waals surface area contributed by atoms with Gasteiger partial charge in [0.1, 0.15) is 22.9 Å². The molecular formula is C21H16F3N3O2. The zero-order valence-electron chi connectivity index (χ0n) is 15.5. The molecule has 29 heavy (non-hydrogen) atoms. The Hall–Kier alpha value is -3.55. The highest BCUT2D eigenvalue weighted by atomic mass is 19.4. The molecule has 4 rings (SSSR count). The maximum absolute atomic E-state index is 13.0. The number of aromatic nitrogens is 2. The third-order valence-electron chi connectivity index (χ3n) is 4.42. The highest BCUT2D eigenvalue weighted by Crippen LogP contribution is 2.32. The van der Waals surface area contributed by atoms with E-state index in [0.717, 1.165) is 17.7 Å². The van der Waals surface area contributed by atoms with E-state index in [-0.39, 0.29) is 5.56 Å². The van der Waals surface area contributed by atoms with Crippen LogP contribution in [0.25, 0.3) is 17.1 Å². The van der Waals surface area contributed by atoms with Crippen molar-refractivity contribution in [3.05, 3.63) is 77.2 Å². The number of anilines is 1. The molecular weight excluding hydrogens is 383 g/mol. The Morgan fingerprint density at radius 3 is 2.59 bits per heavy atom. The summed E-state index contributed by atoms with van der Waals surface area (Å²) < 4.78 is 46.3. The van der Waals surface area contributed by atoms with Crippen molar-refractivity contribution in [3.63, 3.8) is 0 Å². The van der Waals surface area contributed by atoms with Crippen molar-refractivity contribution >= 4 is 17.4 Å². The van der Waals surface area contributed by atoms with Crippen molar-refractivity contribution in [2.24, 2.45) is 0 Å². The highest BCUT2D eigenvalue weighted by Gasteiger charge is 2.31. The van der Waals surface area contributed by atoms with E-state index in [2.05, 4.69) is 10.3 Å². The second kappa shape index (κ2) is 6.80. The number of furan rings is 1. The van der Waals surface area contributed by atoms with Crippen LogP contribution in [0.1, 0.15) is 27.2 Å². The first-order valence-corrected chi connectivity index (χ1v) is 8.76. The quantitative estimate of drug-likeness (QED) is 0.496. The Labute approximate surface area is 163 Å². The Kier molecular flexibility index (Phi) is 4.41. The normalized spacial score (nSPS) is 11.8. The van der Waals surface area contributed by atoms with Crippen molar-refractivity contribution < 1.29 is 22.4 Å². The van der Waals surface area contributed by atoms with Crippen LogP contribution in [0.15, 0.2) is 59.1 Å². The largest absolute Gasteiger partial charge is 0.460 e. The van der Waals surface area contributed by atoms with Gasteiger partial charge in [0.25, 0.3) is 5.91 Å². The lowest BCUT2D eigenvalue weighted by Crippen LogP contribution is -2.15. The van der Waals surface area contributed by atoms with Gasteiger partial charge in [-0.25, -0.2) is 4.98 Å². The number of benzene rings is 1. The third-order valence-corrected chi connectivity index (χ3v) is 4.42. The molecule has 0 aliphatic rings. The molecule has 148 valence electrons. The van der Waals surface area contributed by atoms with Gasteiger partial charge in [-0.3, -0.25) is 9.20 Å². The molecule has 5 nitrogen and oxygen atoms in total. The van der Waals surface area contributed by atoms with E-state index in [1.165, 1.54) is 12.1 Å². The summed E-state index contributed by atoms with van der Waals surface area (Å²) in [4.78, 5) is 17.3. The minimum absolute atomic E-state index is 0.107. The van der Waals surface area contributed by atoms with Crippen molar-refractivity contribution in [1.82, 2.24) is 9.38 Å². The lowest BCUT2D eigenvalue weighted by atomic mass is 10.1. The minimum Gasteiger partial charge on any atom is -0.460 e. The van der Waals surface area contributed by atoms with E-state index in [1.807, 2.05) is 13.0 Å². The average molecular weight is 399 g/mol. The molecule has 0 aliphatic carbocycles. The van der Waals surface area contributed by atoms with Crippen LogP contribution in [-0.4, -0.2) is 15.3 Å². The number of hydrogen-bond donors (Lipinski definition) is 1. The molecule has 0 unspecified atom stereocenters. The zero-order chi connectivity index (χ0) is 20.8. The number of carbonyl (C=O) groups is 1. The molecule has 3 heterocycles. The number of rotatable bonds is 3. The zero-order valence-corrected chi connectivity index (χ0v) is 15.5. The number of imidazole rings is 1. The van der Waals surface area contributed by atoms with Crippen LogP contribution in [0.4, 0.5) is 19.0 Å². The Balaban J connectivity index is 1.79. The van der Waals surface area contributed by atoms with Crippen LogP contribution < -0.4 is 5.32 Å². The van der Waals surface area contributed by atoms with E-state index >= 15 is 0 Å². The van der Waals surface area contributed by atoms with E-state index < -0.39 is 17.6 Å². The Bertz CT molecular complexity index is 1220. The second-order valence-electron chi connectivity index (χ2n) is 6.69. The number of halogens is 3. The van der Waals surface area contributed by atoms with Crippen LogP contribution >= 0.6 is 0 Å². The summed E-state index contributed by atoms with van der Waals surface area (Å²) >= 11 is 0. The average Bonchev–Trinajstić information content (AvgIpc) is 3.25. The van der Waals surface area contributed by atoms with Crippen LogP contribution in [-0.2, 0) is 6.18 Å². The van der Waals surface area contributed by atoms with Crippen molar-refractivity contribution in [2.75, 3.05) is 5.32 Å². The maximum atomic E-state index is 13.0.